The zero-order valence-corrected chi connectivity index (χ0v) is 20.0. The van der Waals surface area contributed by atoms with E-state index >= 15 is 0 Å². The van der Waals surface area contributed by atoms with Crippen molar-refractivity contribution < 1.29 is 14.2 Å². The standard InChI is InChI=1S/C26H30N6O3/c1-31-17-19(18-5-3-4-6-23(18)31)21-7-8-28-26(29-21)30-22-15-20(27)24(16-25(22)33-2)35-14-11-32-9-12-34-13-10-32/h3-8,15-17H,9-14,27H2,1-2H3,(H,28,29,30). The molecule has 5 rings (SSSR count). The first-order chi connectivity index (χ1) is 17.1. The van der Waals surface area contributed by atoms with Crippen molar-refractivity contribution in [1.82, 2.24) is 19.4 Å². The molecule has 0 aliphatic carbocycles. The van der Waals surface area contributed by atoms with E-state index < -0.39 is 0 Å². The fourth-order valence-electron chi connectivity index (χ4n) is 4.31. The number of hydrogen-bond acceptors (Lipinski definition) is 8. The minimum atomic E-state index is 0.453. The number of aryl methyl sites for hydroxylation is 1. The van der Waals surface area contributed by atoms with Gasteiger partial charge in [0.2, 0.25) is 5.95 Å². The number of rotatable bonds is 8. The van der Waals surface area contributed by atoms with Gasteiger partial charge in [-0.1, -0.05) is 18.2 Å². The van der Waals surface area contributed by atoms with Crippen LogP contribution in [0, 0.1) is 0 Å². The van der Waals surface area contributed by atoms with Crippen molar-refractivity contribution in [2.45, 2.75) is 0 Å². The molecule has 1 aliphatic heterocycles. The van der Waals surface area contributed by atoms with Crippen molar-refractivity contribution in [3.63, 3.8) is 0 Å². The molecule has 0 spiro atoms. The van der Waals surface area contributed by atoms with Crippen molar-refractivity contribution in [2.75, 3.05) is 57.6 Å². The van der Waals surface area contributed by atoms with Gasteiger partial charge in [-0.05, 0) is 18.2 Å². The number of para-hydroxylation sites is 1. The first kappa shape index (κ1) is 22.9. The highest BCUT2D eigenvalue weighted by Gasteiger charge is 2.15. The smallest absolute Gasteiger partial charge is 0.227 e. The number of morpholine rings is 1. The number of nitrogen functional groups attached to an aromatic ring is 1. The summed E-state index contributed by atoms with van der Waals surface area (Å²) in [5, 5.41) is 4.39. The predicted octanol–water partition coefficient (Wildman–Crippen LogP) is 3.68. The van der Waals surface area contributed by atoms with Gasteiger partial charge in [0.05, 0.1) is 37.4 Å². The summed E-state index contributed by atoms with van der Waals surface area (Å²) >= 11 is 0. The summed E-state index contributed by atoms with van der Waals surface area (Å²) in [6, 6.07) is 13.8. The van der Waals surface area contributed by atoms with Crippen LogP contribution in [0.5, 0.6) is 11.5 Å². The van der Waals surface area contributed by atoms with Crippen LogP contribution in [0.25, 0.3) is 22.2 Å². The Bertz CT molecular complexity index is 1320. The number of anilines is 3. The first-order valence-electron chi connectivity index (χ1n) is 11.7. The fraction of sp³-hybridized carbons (Fsp3) is 0.308. The first-order valence-corrected chi connectivity index (χ1v) is 11.7. The van der Waals surface area contributed by atoms with Gasteiger partial charge < -0.3 is 29.8 Å². The number of hydrogen-bond donors (Lipinski definition) is 2. The molecular weight excluding hydrogens is 444 g/mol. The second-order valence-corrected chi connectivity index (χ2v) is 8.45. The van der Waals surface area contributed by atoms with E-state index in [1.54, 1.807) is 25.4 Å². The third-order valence-corrected chi connectivity index (χ3v) is 6.18. The van der Waals surface area contributed by atoms with Gasteiger partial charge in [-0.3, -0.25) is 4.90 Å². The lowest BCUT2D eigenvalue weighted by atomic mass is 10.1. The molecule has 0 radical (unpaired) electrons. The van der Waals surface area contributed by atoms with Crippen LogP contribution in [0.2, 0.25) is 0 Å². The van der Waals surface area contributed by atoms with Gasteiger partial charge >= 0.3 is 0 Å². The largest absolute Gasteiger partial charge is 0.494 e. The maximum atomic E-state index is 6.31. The molecule has 1 aliphatic rings. The molecule has 2 aromatic carbocycles. The third kappa shape index (κ3) is 5.01. The average Bonchev–Trinajstić information content (AvgIpc) is 3.23. The van der Waals surface area contributed by atoms with Crippen LogP contribution >= 0.6 is 0 Å². The fourth-order valence-corrected chi connectivity index (χ4v) is 4.31. The molecule has 0 unspecified atom stereocenters. The number of methoxy groups -OCH3 is 1. The molecule has 2 aromatic heterocycles. The summed E-state index contributed by atoms with van der Waals surface area (Å²) < 4.78 is 19.0. The van der Waals surface area contributed by atoms with E-state index in [1.165, 1.54) is 0 Å². The van der Waals surface area contributed by atoms with Crippen molar-refractivity contribution in [1.29, 1.82) is 0 Å². The minimum Gasteiger partial charge on any atom is -0.494 e. The van der Waals surface area contributed by atoms with Crippen LogP contribution in [-0.4, -0.2) is 66.0 Å². The number of ether oxygens (including phenoxy) is 3. The van der Waals surface area contributed by atoms with Gasteiger partial charge in [0, 0.05) is 61.6 Å². The molecule has 1 saturated heterocycles. The van der Waals surface area contributed by atoms with Gasteiger partial charge in [0.1, 0.15) is 18.1 Å². The minimum absolute atomic E-state index is 0.453. The normalized spacial score (nSPS) is 14.2. The van der Waals surface area contributed by atoms with E-state index in [9.17, 15) is 0 Å². The average molecular weight is 475 g/mol. The van der Waals surface area contributed by atoms with Gasteiger partial charge in [0.25, 0.3) is 0 Å². The van der Waals surface area contributed by atoms with E-state index in [4.69, 9.17) is 24.9 Å². The molecule has 35 heavy (non-hydrogen) atoms. The highest BCUT2D eigenvalue weighted by Crippen LogP contribution is 2.36. The van der Waals surface area contributed by atoms with E-state index in [2.05, 4.69) is 38.1 Å². The van der Waals surface area contributed by atoms with Gasteiger partial charge in [-0.25, -0.2) is 9.97 Å². The molecule has 0 atom stereocenters. The number of nitrogens with two attached hydrogens (primary N) is 1. The molecular formula is C26H30N6O3. The zero-order chi connectivity index (χ0) is 24.2. The molecule has 9 heteroatoms. The lowest BCUT2D eigenvalue weighted by Gasteiger charge is -2.26. The van der Waals surface area contributed by atoms with E-state index in [0.29, 0.717) is 35.4 Å². The van der Waals surface area contributed by atoms with Crippen molar-refractivity contribution in [3.05, 3.63) is 54.9 Å². The Labute approximate surface area is 204 Å². The van der Waals surface area contributed by atoms with Crippen LogP contribution in [-0.2, 0) is 11.8 Å². The molecule has 9 nitrogen and oxygen atoms in total. The molecule has 0 amide bonds. The summed E-state index contributed by atoms with van der Waals surface area (Å²) in [7, 11) is 3.64. The summed E-state index contributed by atoms with van der Waals surface area (Å²) in [6.45, 7) is 4.72. The topological polar surface area (TPSA) is 99.7 Å². The lowest BCUT2D eigenvalue weighted by Crippen LogP contribution is -2.38. The van der Waals surface area contributed by atoms with E-state index in [1.807, 2.05) is 25.2 Å². The lowest BCUT2D eigenvalue weighted by molar-refractivity contribution is 0.0323. The number of nitrogens with one attached hydrogen (secondary N) is 1. The number of fused-ring (bicyclic) bond motifs is 1. The maximum Gasteiger partial charge on any atom is 0.227 e. The second-order valence-electron chi connectivity index (χ2n) is 8.45. The van der Waals surface area contributed by atoms with Crippen molar-refractivity contribution in [3.8, 4) is 22.8 Å². The van der Waals surface area contributed by atoms with Crippen LogP contribution in [0.1, 0.15) is 0 Å². The zero-order valence-electron chi connectivity index (χ0n) is 20.0. The van der Waals surface area contributed by atoms with Gasteiger partial charge in [-0.2, -0.15) is 0 Å². The Morgan fingerprint density at radius 2 is 1.94 bits per heavy atom. The Morgan fingerprint density at radius 1 is 1.11 bits per heavy atom. The Morgan fingerprint density at radius 3 is 2.77 bits per heavy atom. The summed E-state index contributed by atoms with van der Waals surface area (Å²) in [5.41, 5.74) is 10.5. The second kappa shape index (κ2) is 10.2. The van der Waals surface area contributed by atoms with Crippen LogP contribution < -0.4 is 20.5 Å². The van der Waals surface area contributed by atoms with E-state index in [0.717, 1.165) is 55.0 Å². The molecule has 4 aromatic rings. The Hall–Kier alpha value is -3.82. The summed E-state index contributed by atoms with van der Waals surface area (Å²) in [5.74, 6) is 1.64. The SMILES string of the molecule is COc1cc(OCCN2CCOCC2)c(N)cc1Nc1nccc(-c2cn(C)c3ccccc23)n1. The quantitative estimate of drug-likeness (QED) is 0.373. The Kier molecular flexibility index (Phi) is 6.69. The van der Waals surface area contributed by atoms with E-state index in [-0.39, 0.29) is 0 Å². The number of aromatic nitrogens is 3. The van der Waals surface area contributed by atoms with Crippen LogP contribution in [0.4, 0.5) is 17.3 Å². The maximum absolute atomic E-state index is 6.31. The molecule has 3 N–H and O–H groups in total. The van der Waals surface area contributed by atoms with Gasteiger partial charge in [-0.15, -0.1) is 0 Å². The molecule has 182 valence electrons. The van der Waals surface area contributed by atoms with Gasteiger partial charge in [0.15, 0.2) is 0 Å². The predicted molar refractivity (Wildman–Crippen MR) is 137 cm³/mol. The molecule has 0 saturated carbocycles. The third-order valence-electron chi connectivity index (χ3n) is 6.18. The monoisotopic (exact) mass is 474 g/mol. The highest BCUT2D eigenvalue weighted by atomic mass is 16.5. The van der Waals surface area contributed by atoms with Crippen LogP contribution in [0.15, 0.2) is 54.9 Å². The molecule has 1 fully saturated rings. The summed E-state index contributed by atoms with van der Waals surface area (Å²) in [4.78, 5) is 11.5. The van der Waals surface area contributed by atoms with Crippen molar-refractivity contribution in [2.24, 2.45) is 7.05 Å². The van der Waals surface area contributed by atoms with Crippen LogP contribution in [0.3, 0.4) is 0 Å². The number of nitrogens with zero attached hydrogens (tertiary/aromatic N) is 4. The number of benzene rings is 2. The molecule has 0 bridgehead atoms. The molecule has 3 heterocycles. The summed E-state index contributed by atoms with van der Waals surface area (Å²) in [6.07, 6.45) is 3.82. The van der Waals surface area contributed by atoms with Crippen molar-refractivity contribution >= 4 is 28.2 Å². The Balaban J connectivity index is 1.33. The highest BCUT2D eigenvalue weighted by molar-refractivity contribution is 5.95.